The summed E-state index contributed by atoms with van der Waals surface area (Å²) < 4.78 is 5.10. The molecule has 0 fully saturated rings. The van der Waals surface area contributed by atoms with E-state index in [1.165, 1.54) is 17.6 Å². The minimum Gasteiger partial charge on any atom is -0.461 e. The Morgan fingerprint density at radius 1 is 1.12 bits per heavy atom. The molecule has 0 bridgehead atoms. The zero-order chi connectivity index (χ0) is 16.9. The van der Waals surface area contributed by atoms with Crippen LogP contribution in [0.5, 0.6) is 0 Å². The average Bonchev–Trinajstić information content (AvgIpc) is 3.24. The highest BCUT2D eigenvalue weighted by Crippen LogP contribution is 2.20. The van der Waals surface area contributed by atoms with Crippen molar-refractivity contribution in [1.29, 1.82) is 0 Å². The van der Waals surface area contributed by atoms with Gasteiger partial charge in [0.05, 0.1) is 17.7 Å². The summed E-state index contributed by atoms with van der Waals surface area (Å²) in [5, 5.41) is 5.98. The largest absolute Gasteiger partial charge is 0.461 e. The number of benzene rings is 1. The van der Waals surface area contributed by atoms with Crippen LogP contribution in [0.4, 0.5) is 10.5 Å². The molecule has 7 heteroatoms. The van der Waals surface area contributed by atoms with Crippen molar-refractivity contribution < 1.29 is 14.0 Å². The highest BCUT2D eigenvalue weighted by molar-refractivity contribution is 7.14. The molecular weight excluding hydrogens is 348 g/mol. The number of anilines is 1. The van der Waals surface area contributed by atoms with Gasteiger partial charge in [0.1, 0.15) is 0 Å². The number of halogens is 1. The zero-order valence-electron chi connectivity index (χ0n) is 12.4. The maximum absolute atomic E-state index is 12.1. The number of carbonyl (C=O) groups is 2. The second-order valence-electron chi connectivity index (χ2n) is 4.89. The van der Waals surface area contributed by atoms with Crippen LogP contribution in [0.15, 0.2) is 59.2 Å². The first-order valence-corrected chi connectivity index (χ1v) is 8.28. The molecule has 3 aromatic rings. The number of nitrogens with one attached hydrogen (secondary N) is 2. The van der Waals surface area contributed by atoms with Crippen molar-refractivity contribution in [2.45, 2.75) is 6.54 Å². The summed E-state index contributed by atoms with van der Waals surface area (Å²) in [7, 11) is 0. The van der Waals surface area contributed by atoms with E-state index in [-0.39, 0.29) is 11.8 Å². The molecule has 0 atom stereocenters. The van der Waals surface area contributed by atoms with Crippen molar-refractivity contribution in [3.63, 3.8) is 0 Å². The van der Waals surface area contributed by atoms with E-state index in [1.54, 1.807) is 48.5 Å². The van der Waals surface area contributed by atoms with Crippen LogP contribution in [-0.2, 0) is 6.54 Å². The van der Waals surface area contributed by atoms with Gasteiger partial charge >= 0.3 is 6.03 Å². The summed E-state index contributed by atoms with van der Waals surface area (Å²) in [5.41, 5.74) is 0.611. The number of furan rings is 1. The molecule has 2 aromatic heterocycles. The second kappa shape index (κ2) is 7.33. The van der Waals surface area contributed by atoms with Gasteiger partial charge in [-0.25, -0.2) is 4.79 Å². The number of hydrogen-bond donors (Lipinski definition) is 2. The Morgan fingerprint density at radius 2 is 2.00 bits per heavy atom. The number of amides is 2. The summed E-state index contributed by atoms with van der Waals surface area (Å²) in [5.74, 6) is 0.134. The van der Waals surface area contributed by atoms with Crippen LogP contribution in [0.2, 0.25) is 5.02 Å². The van der Waals surface area contributed by atoms with Gasteiger partial charge in [-0.1, -0.05) is 17.7 Å². The molecule has 2 N–H and O–H groups in total. The van der Waals surface area contributed by atoms with Gasteiger partial charge in [-0.05, 0) is 42.5 Å². The first kappa shape index (κ1) is 16.3. The average molecular weight is 361 g/mol. The molecule has 0 saturated carbocycles. The summed E-state index contributed by atoms with van der Waals surface area (Å²) in [4.78, 5) is 25.5. The molecule has 0 unspecified atom stereocenters. The van der Waals surface area contributed by atoms with Gasteiger partial charge in [0.25, 0.3) is 0 Å². The lowest BCUT2D eigenvalue weighted by molar-refractivity contribution is 0.101. The van der Waals surface area contributed by atoms with Crippen LogP contribution < -0.4 is 10.6 Å². The van der Waals surface area contributed by atoms with E-state index in [2.05, 4.69) is 10.6 Å². The number of hydrogen-bond acceptors (Lipinski definition) is 4. The lowest BCUT2D eigenvalue weighted by Gasteiger charge is -2.06. The van der Waals surface area contributed by atoms with Crippen molar-refractivity contribution in [3.8, 4) is 0 Å². The predicted octanol–water partition coefficient (Wildman–Crippen LogP) is 4.55. The molecular formula is C17H13ClN2O3S. The smallest absolute Gasteiger partial charge is 0.319 e. The molecule has 2 amide bonds. The molecule has 122 valence electrons. The third-order valence-electron chi connectivity index (χ3n) is 3.14. The molecule has 24 heavy (non-hydrogen) atoms. The number of rotatable bonds is 5. The van der Waals surface area contributed by atoms with Gasteiger partial charge in [-0.15, -0.1) is 11.3 Å². The first-order valence-electron chi connectivity index (χ1n) is 7.09. The van der Waals surface area contributed by atoms with Gasteiger partial charge in [0.2, 0.25) is 5.78 Å². The van der Waals surface area contributed by atoms with Gasteiger partial charge in [0, 0.05) is 15.6 Å². The molecule has 0 saturated heterocycles. The van der Waals surface area contributed by atoms with Crippen LogP contribution in [0.1, 0.15) is 20.3 Å². The molecule has 0 aliphatic heterocycles. The summed E-state index contributed by atoms with van der Waals surface area (Å²) in [6, 6.07) is 13.4. The minimum absolute atomic E-state index is 0.167. The predicted molar refractivity (Wildman–Crippen MR) is 93.8 cm³/mol. The van der Waals surface area contributed by atoms with Crippen LogP contribution in [0.3, 0.4) is 0 Å². The highest BCUT2D eigenvalue weighted by atomic mass is 35.5. The Kier molecular flexibility index (Phi) is 4.98. The molecule has 3 rings (SSSR count). The monoisotopic (exact) mass is 360 g/mol. The molecule has 0 spiro atoms. The SMILES string of the molecule is O=C(NCc1ccc(C(=O)c2ccco2)s1)Nc1cccc(Cl)c1. The lowest BCUT2D eigenvalue weighted by Crippen LogP contribution is -2.27. The molecule has 0 radical (unpaired) electrons. The van der Waals surface area contributed by atoms with E-state index in [4.69, 9.17) is 16.0 Å². The Bertz CT molecular complexity index is 858. The molecule has 0 aliphatic rings. The van der Waals surface area contributed by atoms with Crippen molar-refractivity contribution in [1.82, 2.24) is 5.32 Å². The third kappa shape index (κ3) is 4.04. The fourth-order valence-corrected chi connectivity index (χ4v) is 3.12. The number of carbonyl (C=O) groups excluding carboxylic acids is 2. The van der Waals surface area contributed by atoms with Gasteiger partial charge in [-0.3, -0.25) is 4.79 Å². The van der Waals surface area contributed by atoms with Crippen molar-refractivity contribution in [2.75, 3.05) is 5.32 Å². The lowest BCUT2D eigenvalue weighted by atomic mass is 10.2. The standard InChI is InChI=1S/C17H13ClN2O3S/c18-11-3-1-4-12(9-11)20-17(22)19-10-13-6-7-15(24-13)16(21)14-5-2-8-23-14/h1-9H,10H2,(H2,19,20,22). The topological polar surface area (TPSA) is 71.3 Å². The zero-order valence-corrected chi connectivity index (χ0v) is 14.0. The number of urea groups is 1. The number of ketones is 1. The van der Waals surface area contributed by atoms with Gasteiger partial charge in [0.15, 0.2) is 5.76 Å². The number of thiophene rings is 1. The van der Waals surface area contributed by atoms with Crippen LogP contribution in [0.25, 0.3) is 0 Å². The Hall–Kier alpha value is -2.57. The van der Waals surface area contributed by atoms with Gasteiger partial charge < -0.3 is 15.1 Å². The van der Waals surface area contributed by atoms with Crippen LogP contribution in [-0.4, -0.2) is 11.8 Å². The molecule has 2 heterocycles. The van der Waals surface area contributed by atoms with E-state index in [0.717, 1.165) is 4.88 Å². The van der Waals surface area contributed by atoms with Crippen LogP contribution >= 0.6 is 22.9 Å². The second-order valence-corrected chi connectivity index (χ2v) is 6.50. The molecule has 1 aromatic carbocycles. The fourth-order valence-electron chi connectivity index (χ4n) is 2.03. The van der Waals surface area contributed by atoms with E-state index < -0.39 is 0 Å². The van der Waals surface area contributed by atoms with Crippen LogP contribution in [0, 0.1) is 0 Å². The van der Waals surface area contributed by atoms with E-state index >= 15 is 0 Å². The Morgan fingerprint density at radius 3 is 2.75 bits per heavy atom. The van der Waals surface area contributed by atoms with Crippen molar-refractivity contribution >= 4 is 40.4 Å². The maximum Gasteiger partial charge on any atom is 0.319 e. The minimum atomic E-state index is -0.343. The summed E-state index contributed by atoms with van der Waals surface area (Å²) in [6.45, 7) is 0.322. The first-order chi connectivity index (χ1) is 11.6. The highest BCUT2D eigenvalue weighted by Gasteiger charge is 2.14. The summed E-state index contributed by atoms with van der Waals surface area (Å²) in [6.07, 6.45) is 1.46. The molecule has 5 nitrogen and oxygen atoms in total. The van der Waals surface area contributed by atoms with Crippen molar-refractivity contribution in [3.05, 3.63) is 75.3 Å². The van der Waals surface area contributed by atoms with Crippen molar-refractivity contribution in [2.24, 2.45) is 0 Å². The quantitative estimate of drug-likeness (QED) is 0.656. The third-order valence-corrected chi connectivity index (χ3v) is 4.46. The Balaban J connectivity index is 1.55. The maximum atomic E-state index is 12.1. The Labute approximate surface area is 147 Å². The molecule has 0 aliphatic carbocycles. The fraction of sp³-hybridized carbons (Fsp3) is 0.0588. The van der Waals surface area contributed by atoms with E-state index in [1.807, 2.05) is 0 Å². The van der Waals surface area contributed by atoms with Gasteiger partial charge in [-0.2, -0.15) is 0 Å². The van der Waals surface area contributed by atoms with E-state index in [0.29, 0.717) is 27.9 Å². The normalized spacial score (nSPS) is 10.4. The van der Waals surface area contributed by atoms with E-state index in [9.17, 15) is 9.59 Å². The summed E-state index contributed by atoms with van der Waals surface area (Å²) >= 11 is 7.18.